The van der Waals surface area contributed by atoms with E-state index >= 15 is 0 Å². The summed E-state index contributed by atoms with van der Waals surface area (Å²) in [6, 6.07) is 59.9. The lowest BCUT2D eigenvalue weighted by molar-refractivity contribution is 1.47. The van der Waals surface area contributed by atoms with Gasteiger partial charge in [-0.2, -0.15) is 0 Å². The maximum atomic E-state index is 2.51. The van der Waals surface area contributed by atoms with Crippen molar-refractivity contribution in [2.45, 2.75) is 13.8 Å². The fraction of sp³-hybridized carbons (Fsp3) is 0.0385. The maximum Gasteiger partial charge on any atom is -0.00138 e. The normalized spacial score (nSPS) is 12.4. The number of fused-ring (bicyclic) bond motifs is 11. The Labute approximate surface area is 302 Å². The van der Waals surface area contributed by atoms with Gasteiger partial charge in [0.2, 0.25) is 0 Å². The van der Waals surface area contributed by atoms with Crippen LogP contribution in [0.2, 0.25) is 0 Å². The zero-order valence-corrected chi connectivity index (χ0v) is 29.0. The second kappa shape index (κ2) is 10.1. The number of rotatable bonds is 2. The molecule has 240 valence electrons. The van der Waals surface area contributed by atoms with E-state index in [1.165, 1.54) is 132 Å². The van der Waals surface area contributed by atoms with Crippen molar-refractivity contribution in [2.75, 3.05) is 0 Å². The van der Waals surface area contributed by atoms with Gasteiger partial charge in [-0.1, -0.05) is 121 Å². The van der Waals surface area contributed by atoms with E-state index < -0.39 is 0 Å². The second-order valence-corrected chi connectivity index (χ2v) is 14.9. The highest BCUT2D eigenvalue weighted by atomic mass is 14.3. The Kier molecular flexibility index (Phi) is 5.46. The first-order valence-corrected chi connectivity index (χ1v) is 18.3. The summed E-state index contributed by atoms with van der Waals surface area (Å²) in [5.74, 6) is 0. The predicted octanol–water partition coefficient (Wildman–Crippen LogP) is 14.7. The fourth-order valence-electron chi connectivity index (χ4n) is 9.84. The van der Waals surface area contributed by atoms with Crippen LogP contribution in [0.4, 0.5) is 0 Å². The highest BCUT2D eigenvalue weighted by Crippen LogP contribution is 2.54. The van der Waals surface area contributed by atoms with E-state index in [-0.39, 0.29) is 0 Å². The smallest absolute Gasteiger partial charge is 0.00138 e. The SMILES string of the molecule is Cc1ccccc1-c1cc2cc3c(cc2c2c(-c4ccccc4C)cc4cc5c(cc4c12)-c1cccc2cccc-5c12)-c1cccc2cccc-3c12. The van der Waals surface area contributed by atoms with Gasteiger partial charge in [0.05, 0.1) is 0 Å². The number of aryl methyl sites for hydroxylation is 2. The van der Waals surface area contributed by atoms with Crippen molar-refractivity contribution < 1.29 is 0 Å². The molecule has 0 aliphatic heterocycles. The first-order valence-electron chi connectivity index (χ1n) is 18.3. The highest BCUT2D eigenvalue weighted by molar-refractivity contribution is 6.31. The Balaban J connectivity index is 1.31. The predicted molar refractivity (Wildman–Crippen MR) is 223 cm³/mol. The Morgan fingerprint density at radius 2 is 0.558 bits per heavy atom. The molecule has 0 heterocycles. The summed E-state index contributed by atoms with van der Waals surface area (Å²) >= 11 is 0. The van der Waals surface area contributed by atoms with Gasteiger partial charge in [0, 0.05) is 0 Å². The first kappa shape index (κ1) is 28.2. The van der Waals surface area contributed by atoms with Gasteiger partial charge in [-0.3, -0.25) is 0 Å². The molecule has 0 amide bonds. The van der Waals surface area contributed by atoms with Gasteiger partial charge in [0.15, 0.2) is 0 Å². The quantitative estimate of drug-likeness (QED) is 0.162. The minimum Gasteiger partial charge on any atom is -0.0620 e. The molecule has 0 heteroatoms. The molecule has 10 aromatic rings. The molecule has 2 aliphatic rings. The summed E-state index contributed by atoms with van der Waals surface area (Å²) in [6.07, 6.45) is 0. The van der Waals surface area contributed by atoms with Gasteiger partial charge in [-0.15, -0.1) is 0 Å². The van der Waals surface area contributed by atoms with Crippen molar-refractivity contribution in [3.05, 3.63) is 169 Å². The summed E-state index contributed by atoms with van der Waals surface area (Å²) in [6.45, 7) is 4.52. The molecule has 2 aliphatic carbocycles. The molecule has 0 saturated carbocycles. The molecule has 0 atom stereocenters. The third kappa shape index (κ3) is 3.61. The van der Waals surface area contributed by atoms with Gasteiger partial charge >= 0.3 is 0 Å². The van der Waals surface area contributed by atoms with Gasteiger partial charge in [0.25, 0.3) is 0 Å². The average Bonchev–Trinajstić information content (AvgIpc) is 3.66. The number of hydrogen-bond donors (Lipinski definition) is 0. The summed E-state index contributed by atoms with van der Waals surface area (Å²) < 4.78 is 0. The van der Waals surface area contributed by atoms with Crippen molar-refractivity contribution in [3.8, 4) is 66.8 Å². The van der Waals surface area contributed by atoms with Crippen molar-refractivity contribution >= 4 is 53.9 Å². The van der Waals surface area contributed by atoms with E-state index in [2.05, 4.69) is 172 Å². The topological polar surface area (TPSA) is 0 Å². The van der Waals surface area contributed by atoms with Crippen molar-refractivity contribution in [2.24, 2.45) is 0 Å². The Hall–Kier alpha value is -6.50. The molecule has 0 aromatic heterocycles. The fourth-order valence-corrected chi connectivity index (χ4v) is 9.84. The van der Waals surface area contributed by atoms with Crippen LogP contribution in [-0.4, -0.2) is 0 Å². The molecule has 0 radical (unpaired) electrons. The molecule has 0 bridgehead atoms. The van der Waals surface area contributed by atoms with Crippen molar-refractivity contribution in [1.82, 2.24) is 0 Å². The standard InChI is InChI=1S/C52H32/c1-29-11-3-5-17-35(29)47-25-33-23-43-37-19-7-13-31-16-10-22-40(49(31)37)46(43)28-42(33)52-48(36-18-6-4-12-30(36)2)26-34-24-44-38-20-8-14-32-15-9-21-39(50(32)38)45(44)27-41(34)51(47)52/h3-28H,1-2H3. The van der Waals surface area contributed by atoms with Crippen molar-refractivity contribution in [1.29, 1.82) is 0 Å². The Morgan fingerprint density at radius 3 is 0.942 bits per heavy atom. The zero-order valence-electron chi connectivity index (χ0n) is 29.0. The molecular weight excluding hydrogens is 625 g/mol. The van der Waals surface area contributed by atoms with E-state index in [1.54, 1.807) is 0 Å². The molecule has 0 fully saturated rings. The molecule has 0 spiro atoms. The molecular formula is C52H32. The van der Waals surface area contributed by atoms with Crippen LogP contribution in [0.15, 0.2) is 158 Å². The second-order valence-electron chi connectivity index (χ2n) is 14.9. The van der Waals surface area contributed by atoms with Crippen LogP contribution in [0.1, 0.15) is 11.1 Å². The minimum atomic E-state index is 1.28. The zero-order chi connectivity index (χ0) is 34.2. The van der Waals surface area contributed by atoms with Gasteiger partial charge in [-0.25, -0.2) is 0 Å². The van der Waals surface area contributed by atoms with E-state index in [0.29, 0.717) is 0 Å². The summed E-state index contributed by atoms with van der Waals surface area (Å²) in [4.78, 5) is 0. The molecule has 0 unspecified atom stereocenters. The summed E-state index contributed by atoms with van der Waals surface area (Å²) in [5.41, 5.74) is 18.4. The molecule has 0 saturated heterocycles. The Morgan fingerprint density at radius 1 is 0.231 bits per heavy atom. The lowest BCUT2D eigenvalue weighted by atomic mass is 9.82. The van der Waals surface area contributed by atoms with Crippen molar-refractivity contribution in [3.63, 3.8) is 0 Å². The molecule has 0 N–H and O–H groups in total. The molecule has 10 aromatic carbocycles. The lowest BCUT2D eigenvalue weighted by Gasteiger charge is -2.21. The number of hydrogen-bond acceptors (Lipinski definition) is 0. The van der Waals surface area contributed by atoms with E-state index in [0.717, 1.165) is 0 Å². The third-order valence-corrected chi connectivity index (χ3v) is 12.1. The number of benzene rings is 10. The molecule has 12 rings (SSSR count). The van der Waals surface area contributed by atoms with Gasteiger partial charge < -0.3 is 0 Å². The third-order valence-electron chi connectivity index (χ3n) is 12.1. The first-order chi connectivity index (χ1) is 25.6. The van der Waals surface area contributed by atoms with E-state index in [4.69, 9.17) is 0 Å². The summed E-state index contributed by atoms with van der Waals surface area (Å²) in [5, 5.41) is 13.2. The largest absolute Gasteiger partial charge is 0.0620 e. The summed E-state index contributed by atoms with van der Waals surface area (Å²) in [7, 11) is 0. The van der Waals surface area contributed by atoms with Crippen LogP contribution < -0.4 is 0 Å². The molecule has 52 heavy (non-hydrogen) atoms. The van der Waals surface area contributed by atoms with Crippen LogP contribution >= 0.6 is 0 Å². The van der Waals surface area contributed by atoms with E-state index in [9.17, 15) is 0 Å². The lowest BCUT2D eigenvalue weighted by Crippen LogP contribution is -1.94. The van der Waals surface area contributed by atoms with Crippen LogP contribution in [0.3, 0.4) is 0 Å². The van der Waals surface area contributed by atoms with Gasteiger partial charge in [0.1, 0.15) is 0 Å². The van der Waals surface area contributed by atoms with Crippen LogP contribution in [0.5, 0.6) is 0 Å². The van der Waals surface area contributed by atoms with Crippen LogP contribution in [-0.2, 0) is 0 Å². The van der Waals surface area contributed by atoms with Crippen LogP contribution in [0, 0.1) is 13.8 Å². The average molecular weight is 657 g/mol. The minimum absolute atomic E-state index is 1.28. The van der Waals surface area contributed by atoms with Gasteiger partial charge in [-0.05, 0) is 182 Å². The monoisotopic (exact) mass is 656 g/mol. The Bertz CT molecular complexity index is 3020. The highest BCUT2D eigenvalue weighted by Gasteiger charge is 2.27. The van der Waals surface area contributed by atoms with Crippen LogP contribution in [0.25, 0.3) is 121 Å². The maximum absolute atomic E-state index is 2.51. The van der Waals surface area contributed by atoms with E-state index in [1.807, 2.05) is 0 Å². The molecule has 0 nitrogen and oxygen atoms in total.